The van der Waals surface area contributed by atoms with Crippen molar-refractivity contribution in [2.45, 2.75) is 79.2 Å². The Balaban J connectivity index is 2.30. The maximum absolute atomic E-state index is 13.4. The van der Waals surface area contributed by atoms with Crippen molar-refractivity contribution in [1.82, 2.24) is 5.32 Å². The third-order valence-corrected chi connectivity index (χ3v) is 6.84. The molecule has 0 aliphatic carbocycles. The van der Waals surface area contributed by atoms with Gasteiger partial charge in [-0.05, 0) is 52.2 Å². The average molecular weight is 555 g/mol. The molecule has 1 unspecified atom stereocenters. The van der Waals surface area contributed by atoms with E-state index in [9.17, 15) is 14.4 Å². The fraction of sp³-hybridized carbons (Fsp3) is 0.536. The van der Waals surface area contributed by atoms with Gasteiger partial charge in [0.15, 0.2) is 0 Å². The van der Waals surface area contributed by atoms with Gasteiger partial charge in [0, 0.05) is 11.4 Å². The molecule has 37 heavy (non-hydrogen) atoms. The number of ether oxygens (including phenoxy) is 3. The maximum atomic E-state index is 13.4. The number of halogens is 2. The standard InChI is InChI=1S/C28H37Cl2NO6/c1-7-10-19(11-8-2)26(32)35-14-15-36-27(33)22-17(5)31-18(6)23(28(34)37-16(3)4)24(22)20-12-9-13-21(29)25(20)30/h9,12-13,16,19,24,31H,7-8,10-11,14-15H2,1-6H3. The van der Waals surface area contributed by atoms with Crippen LogP contribution in [0.4, 0.5) is 0 Å². The average Bonchev–Trinajstić information content (AvgIpc) is 2.82. The van der Waals surface area contributed by atoms with Gasteiger partial charge in [-0.2, -0.15) is 0 Å². The minimum absolute atomic E-state index is 0.0615. The molecule has 1 aliphatic rings. The number of rotatable bonds is 12. The smallest absolute Gasteiger partial charge is 0.337 e. The Bertz CT molecular complexity index is 1060. The van der Waals surface area contributed by atoms with Crippen molar-refractivity contribution in [3.63, 3.8) is 0 Å². The fourth-order valence-electron chi connectivity index (χ4n) is 4.42. The minimum Gasteiger partial charge on any atom is -0.462 e. The van der Waals surface area contributed by atoms with Crippen LogP contribution in [-0.4, -0.2) is 37.2 Å². The number of hydrogen-bond acceptors (Lipinski definition) is 7. The van der Waals surface area contributed by atoms with Gasteiger partial charge in [-0.15, -0.1) is 0 Å². The van der Waals surface area contributed by atoms with E-state index in [1.54, 1.807) is 45.9 Å². The van der Waals surface area contributed by atoms with Crippen LogP contribution in [0.15, 0.2) is 40.7 Å². The van der Waals surface area contributed by atoms with Crippen LogP contribution in [0.25, 0.3) is 0 Å². The van der Waals surface area contributed by atoms with E-state index in [1.807, 2.05) is 13.8 Å². The van der Waals surface area contributed by atoms with E-state index >= 15 is 0 Å². The lowest BCUT2D eigenvalue weighted by Gasteiger charge is -2.31. The van der Waals surface area contributed by atoms with Gasteiger partial charge >= 0.3 is 17.9 Å². The van der Waals surface area contributed by atoms with Gasteiger partial charge in [-0.3, -0.25) is 4.79 Å². The predicted molar refractivity (Wildman–Crippen MR) is 144 cm³/mol. The highest BCUT2D eigenvalue weighted by Crippen LogP contribution is 2.43. The highest BCUT2D eigenvalue weighted by molar-refractivity contribution is 6.42. The first-order chi connectivity index (χ1) is 17.5. The van der Waals surface area contributed by atoms with Crippen molar-refractivity contribution in [3.8, 4) is 0 Å². The number of allylic oxidation sites excluding steroid dienone is 2. The molecule has 2 rings (SSSR count). The van der Waals surface area contributed by atoms with E-state index in [2.05, 4.69) is 5.32 Å². The van der Waals surface area contributed by atoms with Crippen molar-refractivity contribution >= 4 is 41.1 Å². The summed E-state index contributed by atoms with van der Waals surface area (Å²) in [4.78, 5) is 38.9. The molecule has 0 amide bonds. The first-order valence-electron chi connectivity index (χ1n) is 12.7. The number of carbonyl (C=O) groups excluding carboxylic acids is 3. The lowest BCUT2D eigenvalue weighted by atomic mass is 9.80. The molecule has 7 nitrogen and oxygen atoms in total. The summed E-state index contributed by atoms with van der Waals surface area (Å²) >= 11 is 12.8. The molecule has 0 saturated carbocycles. The van der Waals surface area contributed by atoms with Gasteiger partial charge in [0.2, 0.25) is 0 Å². The summed E-state index contributed by atoms with van der Waals surface area (Å²) in [6, 6.07) is 5.04. The summed E-state index contributed by atoms with van der Waals surface area (Å²) in [5, 5.41) is 3.61. The van der Waals surface area contributed by atoms with Gasteiger partial charge in [0.25, 0.3) is 0 Å². The minimum atomic E-state index is -0.868. The highest BCUT2D eigenvalue weighted by Gasteiger charge is 2.39. The molecule has 0 fully saturated rings. The van der Waals surface area contributed by atoms with Crippen molar-refractivity contribution in [3.05, 3.63) is 56.3 Å². The SMILES string of the molecule is CCCC(CCC)C(=O)OCCOC(=O)C1=C(C)NC(C)=C(C(=O)OC(C)C)C1c1cccc(Cl)c1Cl. The van der Waals surface area contributed by atoms with E-state index in [1.165, 1.54) is 0 Å². The molecule has 1 atom stereocenters. The second-order valence-corrected chi connectivity index (χ2v) is 10.1. The van der Waals surface area contributed by atoms with Gasteiger partial charge in [0.05, 0.1) is 39.1 Å². The van der Waals surface area contributed by atoms with E-state index in [0.717, 1.165) is 25.7 Å². The second-order valence-electron chi connectivity index (χ2n) is 9.31. The maximum Gasteiger partial charge on any atom is 0.337 e. The molecule has 0 radical (unpaired) electrons. The zero-order valence-corrected chi connectivity index (χ0v) is 23.9. The summed E-state index contributed by atoms with van der Waals surface area (Å²) < 4.78 is 16.4. The number of benzene rings is 1. The van der Waals surface area contributed by atoms with E-state index < -0.39 is 17.9 Å². The van der Waals surface area contributed by atoms with Gasteiger partial charge in [-0.25, -0.2) is 9.59 Å². The molecule has 0 saturated heterocycles. The van der Waals surface area contributed by atoms with Gasteiger partial charge < -0.3 is 19.5 Å². The Hall–Kier alpha value is -2.51. The van der Waals surface area contributed by atoms with Crippen molar-refractivity contribution in [2.24, 2.45) is 5.92 Å². The molecule has 204 valence electrons. The molecule has 1 aromatic carbocycles. The molecular weight excluding hydrogens is 517 g/mol. The number of carbonyl (C=O) groups is 3. The van der Waals surface area contributed by atoms with E-state index in [4.69, 9.17) is 37.4 Å². The van der Waals surface area contributed by atoms with Crippen LogP contribution in [0, 0.1) is 5.92 Å². The first kappa shape index (κ1) is 30.7. The van der Waals surface area contributed by atoms with Crippen LogP contribution in [-0.2, 0) is 28.6 Å². The van der Waals surface area contributed by atoms with Crippen molar-refractivity contribution < 1.29 is 28.6 Å². The third-order valence-electron chi connectivity index (χ3n) is 6.00. The number of nitrogens with one attached hydrogen (secondary N) is 1. The Morgan fingerprint density at radius 1 is 0.919 bits per heavy atom. The second kappa shape index (κ2) is 14.4. The number of hydrogen-bond donors (Lipinski definition) is 1. The summed E-state index contributed by atoms with van der Waals surface area (Å²) in [6.07, 6.45) is 2.92. The van der Waals surface area contributed by atoms with Crippen molar-refractivity contribution in [2.75, 3.05) is 13.2 Å². The molecule has 1 aliphatic heterocycles. The summed E-state index contributed by atoms with van der Waals surface area (Å²) in [5.41, 5.74) is 1.96. The molecule has 0 spiro atoms. The fourth-order valence-corrected chi connectivity index (χ4v) is 4.83. The molecule has 1 aromatic rings. The largest absolute Gasteiger partial charge is 0.462 e. The zero-order chi connectivity index (χ0) is 27.7. The van der Waals surface area contributed by atoms with Crippen LogP contribution in [0.1, 0.15) is 78.7 Å². The molecule has 1 heterocycles. The van der Waals surface area contributed by atoms with Crippen molar-refractivity contribution in [1.29, 1.82) is 0 Å². The number of esters is 3. The van der Waals surface area contributed by atoms with E-state index in [0.29, 0.717) is 17.0 Å². The van der Waals surface area contributed by atoms with E-state index in [-0.39, 0.29) is 52.4 Å². The van der Waals surface area contributed by atoms with Gasteiger partial charge in [-0.1, -0.05) is 62.0 Å². The lowest BCUT2D eigenvalue weighted by Crippen LogP contribution is -2.33. The van der Waals surface area contributed by atoms with Crippen LogP contribution < -0.4 is 5.32 Å². The highest BCUT2D eigenvalue weighted by atomic mass is 35.5. The lowest BCUT2D eigenvalue weighted by molar-refractivity contribution is -0.154. The molecule has 9 heteroatoms. The Morgan fingerprint density at radius 2 is 1.49 bits per heavy atom. The Kier molecular flexibility index (Phi) is 12.0. The monoisotopic (exact) mass is 553 g/mol. The van der Waals surface area contributed by atoms with Gasteiger partial charge in [0.1, 0.15) is 13.2 Å². The third kappa shape index (κ3) is 7.99. The summed E-state index contributed by atoms with van der Waals surface area (Å²) in [5.74, 6) is -2.55. The Labute approximate surface area is 229 Å². The van der Waals surface area contributed by atoms with Crippen LogP contribution in [0.2, 0.25) is 10.0 Å². The summed E-state index contributed by atoms with van der Waals surface area (Å²) in [6.45, 7) is 10.8. The zero-order valence-electron chi connectivity index (χ0n) is 22.4. The topological polar surface area (TPSA) is 90.9 Å². The predicted octanol–water partition coefficient (Wildman–Crippen LogP) is 6.48. The molecule has 1 N–H and O–H groups in total. The normalized spacial score (nSPS) is 15.7. The summed E-state index contributed by atoms with van der Waals surface area (Å²) in [7, 11) is 0. The number of dihydropyridines is 1. The van der Waals surface area contributed by atoms with Crippen LogP contribution in [0.5, 0.6) is 0 Å². The van der Waals surface area contributed by atoms with Crippen LogP contribution in [0.3, 0.4) is 0 Å². The first-order valence-corrected chi connectivity index (χ1v) is 13.5. The molecule has 0 bridgehead atoms. The Morgan fingerprint density at radius 3 is 2.05 bits per heavy atom. The quantitative estimate of drug-likeness (QED) is 0.180. The van der Waals surface area contributed by atoms with Crippen LogP contribution >= 0.6 is 23.2 Å². The molecule has 0 aromatic heterocycles. The molecular formula is C28H37Cl2NO6.